The van der Waals surface area contributed by atoms with Gasteiger partial charge in [0.25, 0.3) is 0 Å². The lowest BCUT2D eigenvalue weighted by Crippen LogP contribution is -2.43. The Morgan fingerprint density at radius 3 is 1.33 bits per heavy atom. The van der Waals surface area contributed by atoms with Gasteiger partial charge < -0.3 is 69.2 Å². The van der Waals surface area contributed by atoms with E-state index in [1.165, 1.54) is 0 Å². The first kappa shape index (κ1) is 63.1. The molecule has 2 atom stereocenters. The lowest BCUT2D eigenvalue weighted by atomic mass is 9.91. The lowest BCUT2D eigenvalue weighted by molar-refractivity contribution is -0.130. The number of hydrogen-bond acceptors (Lipinski definition) is 15. The van der Waals surface area contributed by atoms with Gasteiger partial charge in [-0.25, -0.2) is 14.4 Å². The Morgan fingerprint density at radius 2 is 0.840 bits per heavy atom. The molecular weight excluding hydrogens is 971 g/mol. The predicted octanol–water partition coefficient (Wildman–Crippen LogP) is 6.18. The zero-order valence-corrected chi connectivity index (χ0v) is 43.7. The number of rotatable bonds is 44. The minimum absolute atomic E-state index is 0.00408. The van der Waals surface area contributed by atoms with E-state index >= 15 is 0 Å². The summed E-state index contributed by atoms with van der Waals surface area (Å²) in [4.78, 5) is 77.4. The van der Waals surface area contributed by atoms with Gasteiger partial charge in [0.1, 0.15) is 19.8 Å². The van der Waals surface area contributed by atoms with E-state index in [2.05, 4.69) is 26.6 Å². The van der Waals surface area contributed by atoms with Crippen LogP contribution in [0.25, 0.3) is 0 Å². The minimum atomic E-state index is -0.962. The third kappa shape index (κ3) is 34.1. The molecule has 5 amide bonds. The summed E-state index contributed by atoms with van der Waals surface area (Å²) in [5, 5.41) is 14.0. The number of carbonyl (C=O) groups excluding carboxylic acids is 6. The average Bonchev–Trinajstić information content (AvgIpc) is 3.42. The summed E-state index contributed by atoms with van der Waals surface area (Å²) >= 11 is 0. The minimum Gasteiger partial charge on any atom is -0.445 e. The van der Waals surface area contributed by atoms with E-state index < -0.39 is 30.2 Å². The van der Waals surface area contributed by atoms with Crippen LogP contribution in [0.4, 0.5) is 14.4 Å². The molecule has 0 aliphatic carbocycles. The number of Topliss-reactive ketones (excluding diaryl/α,β-unsaturated/α-hetero) is 1. The third-order valence-electron chi connectivity index (χ3n) is 11.1. The van der Waals surface area contributed by atoms with Gasteiger partial charge in [0, 0.05) is 65.3 Å². The Balaban J connectivity index is 1.40. The number of alkyl carbamates (subject to hydrolysis) is 3. The number of ether oxygens (including phenoxy) is 9. The van der Waals surface area contributed by atoms with Crippen LogP contribution in [-0.4, -0.2) is 148 Å². The first-order valence-corrected chi connectivity index (χ1v) is 26.0. The molecule has 3 aromatic carbocycles. The molecule has 3 rings (SSSR count). The van der Waals surface area contributed by atoms with Crippen LogP contribution in [0.3, 0.4) is 0 Å². The Morgan fingerprint density at radius 1 is 0.427 bits per heavy atom. The summed E-state index contributed by atoms with van der Waals surface area (Å²) in [6.07, 6.45) is 2.01. The van der Waals surface area contributed by atoms with Crippen LogP contribution in [0.1, 0.15) is 80.9 Å². The smallest absolute Gasteiger partial charge is 0.408 e. The van der Waals surface area contributed by atoms with Crippen LogP contribution in [0.2, 0.25) is 0 Å². The molecule has 75 heavy (non-hydrogen) atoms. The van der Waals surface area contributed by atoms with Crippen molar-refractivity contribution in [2.24, 2.45) is 5.92 Å². The number of amides is 5. The molecular formula is C55H81N5O15. The maximum Gasteiger partial charge on any atom is 0.408 e. The van der Waals surface area contributed by atoms with Crippen LogP contribution in [0.5, 0.6) is 0 Å². The molecule has 20 nitrogen and oxygen atoms in total. The van der Waals surface area contributed by atoms with Gasteiger partial charge in [0.2, 0.25) is 11.8 Å². The van der Waals surface area contributed by atoms with Crippen molar-refractivity contribution in [3.8, 4) is 0 Å². The van der Waals surface area contributed by atoms with Gasteiger partial charge in [-0.05, 0) is 61.6 Å². The number of benzene rings is 3. The largest absolute Gasteiger partial charge is 0.445 e. The number of unbranched alkanes of at least 4 members (excludes halogenated alkanes) is 2. The van der Waals surface area contributed by atoms with Gasteiger partial charge in [-0.2, -0.15) is 0 Å². The van der Waals surface area contributed by atoms with Crippen molar-refractivity contribution in [2.75, 3.05) is 106 Å². The Bertz CT molecular complexity index is 1970. The van der Waals surface area contributed by atoms with Crippen molar-refractivity contribution in [2.45, 2.75) is 90.1 Å². The van der Waals surface area contributed by atoms with Crippen LogP contribution < -0.4 is 26.6 Å². The Kier molecular flexibility index (Phi) is 36.3. The van der Waals surface area contributed by atoms with E-state index in [9.17, 15) is 28.8 Å². The molecule has 0 aliphatic rings. The predicted molar refractivity (Wildman–Crippen MR) is 279 cm³/mol. The normalized spacial score (nSPS) is 11.7. The highest BCUT2D eigenvalue weighted by molar-refractivity contribution is 5.91. The fourth-order valence-electron chi connectivity index (χ4n) is 7.04. The van der Waals surface area contributed by atoms with Crippen molar-refractivity contribution in [3.05, 3.63) is 108 Å². The summed E-state index contributed by atoms with van der Waals surface area (Å²) in [6.45, 7) is 6.29. The van der Waals surface area contributed by atoms with Crippen LogP contribution >= 0.6 is 0 Å². The third-order valence-corrected chi connectivity index (χ3v) is 11.1. The van der Waals surface area contributed by atoms with Gasteiger partial charge in [-0.1, -0.05) is 97.4 Å². The van der Waals surface area contributed by atoms with Crippen molar-refractivity contribution in [3.63, 3.8) is 0 Å². The second-order valence-electron chi connectivity index (χ2n) is 17.2. The van der Waals surface area contributed by atoms with Crippen LogP contribution in [-0.2, 0) is 76.8 Å². The Hall–Kier alpha value is -6.16. The maximum atomic E-state index is 14.0. The molecule has 0 bridgehead atoms. The summed E-state index contributed by atoms with van der Waals surface area (Å²) in [7, 11) is 1.61. The molecule has 20 heteroatoms. The number of methoxy groups -OCH3 is 1. The second-order valence-corrected chi connectivity index (χ2v) is 17.2. The van der Waals surface area contributed by atoms with Crippen molar-refractivity contribution >= 4 is 35.9 Å². The number of carbonyl (C=O) groups is 6. The number of nitrogens with one attached hydrogen (secondary N) is 5. The summed E-state index contributed by atoms with van der Waals surface area (Å²) < 4.78 is 48.5. The summed E-state index contributed by atoms with van der Waals surface area (Å²) in [5.41, 5.74) is 2.50. The first-order valence-electron chi connectivity index (χ1n) is 26.0. The van der Waals surface area contributed by atoms with Gasteiger partial charge in [0.15, 0.2) is 5.78 Å². The van der Waals surface area contributed by atoms with Crippen molar-refractivity contribution in [1.82, 2.24) is 26.6 Å². The van der Waals surface area contributed by atoms with Crippen molar-refractivity contribution < 1.29 is 71.4 Å². The van der Waals surface area contributed by atoms with Gasteiger partial charge in [-0.3, -0.25) is 14.4 Å². The van der Waals surface area contributed by atoms with E-state index in [1.807, 2.05) is 91.0 Å². The quantitative estimate of drug-likeness (QED) is 0.0314. The molecule has 0 unspecified atom stereocenters. The topological polar surface area (TPSA) is 246 Å². The Labute approximate surface area is 442 Å². The second kappa shape index (κ2) is 43.1. The molecule has 3 aromatic rings. The van der Waals surface area contributed by atoms with E-state index in [4.69, 9.17) is 42.6 Å². The molecule has 0 heterocycles. The van der Waals surface area contributed by atoms with E-state index in [0.29, 0.717) is 137 Å². The van der Waals surface area contributed by atoms with Gasteiger partial charge in [0.05, 0.1) is 65.5 Å². The van der Waals surface area contributed by atoms with Crippen LogP contribution in [0, 0.1) is 5.92 Å². The van der Waals surface area contributed by atoms with E-state index in [-0.39, 0.29) is 63.2 Å². The highest BCUT2D eigenvalue weighted by Gasteiger charge is 2.28. The molecule has 0 radical (unpaired) electrons. The average molecular weight is 1050 g/mol. The lowest BCUT2D eigenvalue weighted by Gasteiger charge is -2.21. The highest BCUT2D eigenvalue weighted by atomic mass is 16.6. The van der Waals surface area contributed by atoms with Crippen LogP contribution in [0.15, 0.2) is 91.0 Å². The number of ketones is 1. The fourth-order valence-corrected chi connectivity index (χ4v) is 7.04. The fraction of sp³-hybridized carbons (Fsp3) is 0.564. The number of hydrogen-bond donors (Lipinski definition) is 5. The molecule has 416 valence electrons. The molecule has 0 saturated carbocycles. The SMILES string of the molecule is COCCOCCOCCC(=O)NCCCOCCOCCOCCCNC(=O)[C@H](CCCCNC(=O)OCc1ccccc1)CC(=O)[C@H](CCCCNC(=O)OCc1ccccc1)NC(=O)OCc1ccccc1. The standard InChI is InChI=1S/C55H81N5O15/c1-67-33-34-71-40-37-70-32-25-51(62)56-28-15-30-68-35-38-72-39-36-69-31-16-29-57-52(63)48(23-11-13-26-58-53(64)73-42-45-17-5-2-6-18-45)41-50(61)49(60-55(66)75-44-47-21-9-4-10-22-47)24-12-14-27-59-54(65)74-43-46-19-7-3-8-20-46/h2-10,17-22,48-49H,11-16,23-44H2,1H3,(H,56,62)(H,57,63)(H,58,64)(H,59,65)(H,60,66)/t48-,49+/m1/s1. The molecule has 0 spiro atoms. The van der Waals surface area contributed by atoms with Crippen molar-refractivity contribution in [1.29, 1.82) is 0 Å². The molecule has 0 aliphatic heterocycles. The molecule has 5 N–H and O–H groups in total. The maximum absolute atomic E-state index is 14.0. The molecule has 0 fully saturated rings. The zero-order chi connectivity index (χ0) is 53.7. The van der Waals surface area contributed by atoms with E-state index in [0.717, 1.165) is 16.7 Å². The summed E-state index contributed by atoms with van der Waals surface area (Å²) in [6, 6.07) is 26.8. The zero-order valence-electron chi connectivity index (χ0n) is 43.7. The monoisotopic (exact) mass is 1050 g/mol. The highest BCUT2D eigenvalue weighted by Crippen LogP contribution is 2.18. The molecule has 0 saturated heterocycles. The first-order chi connectivity index (χ1) is 36.7. The van der Waals surface area contributed by atoms with Gasteiger partial charge >= 0.3 is 18.3 Å². The van der Waals surface area contributed by atoms with E-state index in [1.54, 1.807) is 7.11 Å². The molecule has 0 aromatic heterocycles. The summed E-state index contributed by atoms with van der Waals surface area (Å²) in [5.74, 6) is -1.45. The van der Waals surface area contributed by atoms with Gasteiger partial charge in [-0.15, -0.1) is 0 Å².